The minimum atomic E-state index is -0.883. The highest BCUT2D eigenvalue weighted by molar-refractivity contribution is 5.51. The molecule has 0 saturated heterocycles. The molecule has 0 heterocycles. The van der Waals surface area contributed by atoms with Gasteiger partial charge in [0.25, 0.3) is 5.69 Å². The molecule has 7 nitrogen and oxygen atoms in total. The van der Waals surface area contributed by atoms with Gasteiger partial charge < -0.3 is 20.8 Å². The van der Waals surface area contributed by atoms with Gasteiger partial charge in [-0.05, 0) is 12.5 Å². The van der Waals surface area contributed by atoms with Gasteiger partial charge in [-0.1, -0.05) is 13.0 Å². The number of aliphatic hydroxyl groups is 2. The Kier molecular flexibility index (Phi) is 6.20. The summed E-state index contributed by atoms with van der Waals surface area (Å²) in [6.45, 7) is 2.49. The summed E-state index contributed by atoms with van der Waals surface area (Å²) in [6, 6.07) is 5.91. The van der Waals surface area contributed by atoms with Crippen LogP contribution in [-0.4, -0.2) is 40.6 Å². The Balaban J connectivity index is 2.41. The van der Waals surface area contributed by atoms with E-state index < -0.39 is 17.3 Å². The Labute approximate surface area is 111 Å². The minimum absolute atomic E-state index is 0.0356. The number of nitro groups is 1. The summed E-state index contributed by atoms with van der Waals surface area (Å²) >= 11 is 0. The monoisotopic (exact) mass is 269 g/mol. The van der Waals surface area contributed by atoms with E-state index >= 15 is 0 Å². The highest BCUT2D eigenvalue weighted by Crippen LogP contribution is 2.17. The molecular weight excluding hydrogens is 250 g/mol. The van der Waals surface area contributed by atoms with Crippen molar-refractivity contribution in [2.45, 2.75) is 25.7 Å². The minimum Gasteiger partial charge on any atom is -0.392 e. The van der Waals surface area contributed by atoms with Crippen molar-refractivity contribution in [3.8, 4) is 0 Å². The molecule has 2 unspecified atom stereocenters. The van der Waals surface area contributed by atoms with Crippen molar-refractivity contribution in [1.82, 2.24) is 5.32 Å². The first-order valence-corrected chi connectivity index (χ1v) is 6.10. The van der Waals surface area contributed by atoms with E-state index in [9.17, 15) is 20.3 Å². The smallest absolute Gasteiger partial charge is 0.271 e. The van der Waals surface area contributed by atoms with Crippen LogP contribution in [0.25, 0.3) is 0 Å². The second-order valence-electron chi connectivity index (χ2n) is 4.19. The van der Waals surface area contributed by atoms with E-state index in [1.54, 1.807) is 12.1 Å². The van der Waals surface area contributed by atoms with Gasteiger partial charge in [-0.25, -0.2) is 0 Å². The van der Waals surface area contributed by atoms with Gasteiger partial charge >= 0.3 is 0 Å². The predicted octanol–water partition coefficient (Wildman–Crippen LogP) is 0.686. The van der Waals surface area contributed by atoms with Gasteiger partial charge in [-0.15, -0.1) is 0 Å². The highest BCUT2D eigenvalue weighted by Gasteiger charge is 2.09. The quantitative estimate of drug-likeness (QED) is 0.314. The van der Waals surface area contributed by atoms with Crippen molar-refractivity contribution in [3.05, 3.63) is 34.4 Å². The molecular formula is C12H19N3O4. The Hall–Kier alpha value is -1.70. The molecule has 4 N–H and O–H groups in total. The van der Waals surface area contributed by atoms with Crippen molar-refractivity contribution in [2.24, 2.45) is 0 Å². The molecule has 0 bridgehead atoms. The zero-order chi connectivity index (χ0) is 14.3. The summed E-state index contributed by atoms with van der Waals surface area (Å²) in [7, 11) is 0. The fraction of sp³-hybridized carbons (Fsp3) is 0.500. The van der Waals surface area contributed by atoms with Crippen LogP contribution in [0.2, 0.25) is 0 Å². The summed E-state index contributed by atoms with van der Waals surface area (Å²) in [5.41, 5.74) is 0.436. The Morgan fingerprint density at radius 1 is 1.37 bits per heavy atom. The summed E-state index contributed by atoms with van der Waals surface area (Å²) < 4.78 is 0. The molecule has 0 fully saturated rings. The van der Waals surface area contributed by atoms with E-state index in [0.717, 1.165) is 0 Å². The van der Waals surface area contributed by atoms with Gasteiger partial charge in [0.05, 0.1) is 11.0 Å². The molecule has 2 atom stereocenters. The maximum Gasteiger partial charge on any atom is 0.271 e. The molecule has 19 heavy (non-hydrogen) atoms. The summed E-state index contributed by atoms with van der Waals surface area (Å²) in [5, 5.41) is 35.2. The van der Waals surface area contributed by atoms with Crippen molar-refractivity contribution in [1.29, 1.82) is 0 Å². The van der Waals surface area contributed by atoms with Crippen molar-refractivity contribution >= 4 is 11.4 Å². The van der Waals surface area contributed by atoms with Crippen LogP contribution in [0.5, 0.6) is 0 Å². The van der Waals surface area contributed by atoms with Gasteiger partial charge in [0, 0.05) is 30.9 Å². The lowest BCUT2D eigenvalue weighted by Gasteiger charge is -2.16. The average Bonchev–Trinajstić information content (AvgIpc) is 2.38. The number of benzene rings is 1. The van der Waals surface area contributed by atoms with E-state index in [0.29, 0.717) is 18.7 Å². The molecule has 0 aliphatic rings. The van der Waals surface area contributed by atoms with Crippen LogP contribution in [0.1, 0.15) is 13.3 Å². The molecule has 1 aromatic carbocycles. The number of anilines is 1. The third-order valence-electron chi connectivity index (χ3n) is 2.58. The normalized spacial score (nSPS) is 13.8. The van der Waals surface area contributed by atoms with Crippen LogP contribution < -0.4 is 10.6 Å². The van der Waals surface area contributed by atoms with E-state index in [1.807, 2.05) is 6.92 Å². The zero-order valence-electron chi connectivity index (χ0n) is 10.7. The number of rotatable bonds is 8. The van der Waals surface area contributed by atoms with Crippen LogP contribution in [0.15, 0.2) is 24.3 Å². The molecule has 0 aliphatic heterocycles. The second kappa shape index (κ2) is 7.67. The Morgan fingerprint density at radius 2 is 2.11 bits per heavy atom. The topological polar surface area (TPSA) is 108 Å². The number of non-ortho nitro benzene ring substituents is 1. The third-order valence-corrected chi connectivity index (χ3v) is 2.58. The fourth-order valence-electron chi connectivity index (χ4n) is 1.48. The Morgan fingerprint density at radius 3 is 2.74 bits per heavy atom. The highest BCUT2D eigenvalue weighted by atomic mass is 16.6. The first-order valence-electron chi connectivity index (χ1n) is 6.10. The first kappa shape index (κ1) is 15.4. The van der Waals surface area contributed by atoms with Crippen molar-refractivity contribution < 1.29 is 15.1 Å². The maximum atomic E-state index is 10.6. The van der Waals surface area contributed by atoms with Crippen LogP contribution in [-0.2, 0) is 0 Å². The van der Waals surface area contributed by atoms with Gasteiger partial charge in [0.2, 0.25) is 0 Å². The molecule has 1 aromatic rings. The van der Waals surface area contributed by atoms with Gasteiger partial charge in [-0.3, -0.25) is 10.1 Å². The summed E-state index contributed by atoms with van der Waals surface area (Å²) in [6.07, 6.45) is -0.683. The Bertz CT molecular complexity index is 414. The average molecular weight is 269 g/mol. The molecule has 7 heteroatoms. The van der Waals surface area contributed by atoms with Crippen molar-refractivity contribution in [3.63, 3.8) is 0 Å². The molecule has 1 rings (SSSR count). The van der Waals surface area contributed by atoms with E-state index in [4.69, 9.17) is 0 Å². The van der Waals surface area contributed by atoms with E-state index in [2.05, 4.69) is 10.6 Å². The number of nitrogens with zero attached hydrogens (tertiary/aromatic N) is 1. The standard InChI is InChI=1S/C12H19N3O4/c1-2-11(16)7-13-8-12(17)14-9-4-3-5-10(6-9)15(18)19/h3-6,11-14,16-17H,2,7-8H2,1H3. The van der Waals surface area contributed by atoms with Crippen LogP contribution in [0.4, 0.5) is 11.4 Å². The van der Waals surface area contributed by atoms with Crippen LogP contribution in [0, 0.1) is 10.1 Å². The molecule has 106 valence electrons. The predicted molar refractivity (Wildman–Crippen MR) is 71.9 cm³/mol. The summed E-state index contributed by atoms with van der Waals surface area (Å²) in [5.74, 6) is 0. The molecule has 0 radical (unpaired) electrons. The second-order valence-corrected chi connectivity index (χ2v) is 4.19. The van der Waals surface area contributed by atoms with Crippen LogP contribution in [0.3, 0.4) is 0 Å². The first-order chi connectivity index (χ1) is 9.02. The lowest BCUT2D eigenvalue weighted by molar-refractivity contribution is -0.384. The van der Waals surface area contributed by atoms with Crippen LogP contribution >= 0.6 is 0 Å². The number of aliphatic hydroxyl groups excluding tert-OH is 2. The third kappa shape index (κ3) is 5.64. The molecule has 0 saturated carbocycles. The molecule has 0 amide bonds. The van der Waals surface area contributed by atoms with Gasteiger partial charge in [-0.2, -0.15) is 0 Å². The maximum absolute atomic E-state index is 10.6. The van der Waals surface area contributed by atoms with E-state index in [-0.39, 0.29) is 12.2 Å². The molecule has 0 spiro atoms. The number of nitrogens with one attached hydrogen (secondary N) is 2. The van der Waals surface area contributed by atoms with Gasteiger partial charge in [0.1, 0.15) is 6.23 Å². The summed E-state index contributed by atoms with van der Waals surface area (Å²) in [4.78, 5) is 10.1. The molecule has 0 aromatic heterocycles. The molecule has 0 aliphatic carbocycles. The van der Waals surface area contributed by atoms with Crippen molar-refractivity contribution in [2.75, 3.05) is 18.4 Å². The van der Waals surface area contributed by atoms with Gasteiger partial charge in [0.15, 0.2) is 0 Å². The fourth-order valence-corrected chi connectivity index (χ4v) is 1.48. The van der Waals surface area contributed by atoms with E-state index in [1.165, 1.54) is 12.1 Å². The number of hydrogen-bond acceptors (Lipinski definition) is 6. The zero-order valence-corrected chi connectivity index (χ0v) is 10.7. The lowest BCUT2D eigenvalue weighted by atomic mass is 10.2. The lowest BCUT2D eigenvalue weighted by Crippen LogP contribution is -2.36. The SMILES string of the molecule is CCC(O)CNCC(O)Nc1cccc([N+](=O)[O-])c1. The largest absolute Gasteiger partial charge is 0.392 e. The number of hydrogen-bond donors (Lipinski definition) is 4. The number of nitro benzene ring substituents is 1.